The van der Waals surface area contributed by atoms with Crippen LogP contribution in [0.15, 0.2) is 212 Å². The summed E-state index contributed by atoms with van der Waals surface area (Å²) in [6.45, 7) is 8.48. The van der Waals surface area contributed by atoms with Gasteiger partial charge >= 0.3 is 0 Å². The highest BCUT2D eigenvalue weighted by molar-refractivity contribution is 5.80. The predicted molar refractivity (Wildman–Crippen MR) is 303 cm³/mol. The van der Waals surface area contributed by atoms with Crippen LogP contribution in [-0.4, -0.2) is 72.3 Å². The largest absolute Gasteiger partial charge is 0.436 e. The fraction of sp³-hybridized carbons (Fsp3) is 0.188. The number of oxazole rings is 4. The lowest BCUT2D eigenvalue weighted by Gasteiger charge is -2.06. The minimum Gasteiger partial charge on any atom is -0.436 e. The van der Waals surface area contributed by atoms with Crippen LogP contribution in [0.3, 0.4) is 0 Å². The molecular formula is C64H62N4O9. The van der Waals surface area contributed by atoms with Gasteiger partial charge in [-0.2, -0.15) is 0 Å². The van der Waals surface area contributed by atoms with Gasteiger partial charge in [0.05, 0.1) is 0 Å². The molecule has 12 aromatic rings. The molecule has 77 heavy (non-hydrogen) atoms. The Bertz CT molecular complexity index is 3250. The van der Waals surface area contributed by atoms with E-state index in [9.17, 15) is 20.4 Å². The van der Waals surface area contributed by atoms with E-state index in [0.717, 1.165) is 88.9 Å². The molecule has 6 N–H and O–H groups in total. The monoisotopic (exact) mass is 1030 g/mol. The fourth-order valence-electron chi connectivity index (χ4n) is 8.24. The van der Waals surface area contributed by atoms with Gasteiger partial charge in [-0.3, -0.25) is 0 Å². The maximum absolute atomic E-state index is 9.20. The van der Waals surface area contributed by atoms with E-state index in [1.807, 2.05) is 222 Å². The SMILES string of the molecule is CC(CO)c1ccc2oc(-c3ccccc3)nc2c1.CC(CO)c1ccc2oc(-c3ccccc3)nc2c1.CC(CO)c1ccc2oc(-c3ccccc3)nc2c1.CC(CO)c1ccc2oc(-c3ccccc3)nc2c1.O. The van der Waals surface area contributed by atoms with E-state index >= 15 is 0 Å². The van der Waals surface area contributed by atoms with Crippen LogP contribution in [0, 0.1) is 0 Å². The van der Waals surface area contributed by atoms with Crippen LogP contribution in [-0.2, 0) is 0 Å². The molecule has 4 atom stereocenters. The van der Waals surface area contributed by atoms with Crippen LogP contribution in [0.1, 0.15) is 73.6 Å². The maximum atomic E-state index is 9.20. The number of benzene rings is 8. The van der Waals surface area contributed by atoms with Gasteiger partial charge in [0.1, 0.15) is 22.1 Å². The zero-order valence-electron chi connectivity index (χ0n) is 43.3. The van der Waals surface area contributed by atoms with E-state index in [-0.39, 0.29) is 55.6 Å². The third-order valence-electron chi connectivity index (χ3n) is 13.1. The molecule has 13 heteroatoms. The molecule has 12 rings (SSSR count). The summed E-state index contributed by atoms with van der Waals surface area (Å²) < 4.78 is 23.0. The summed E-state index contributed by atoms with van der Waals surface area (Å²) in [7, 11) is 0. The van der Waals surface area contributed by atoms with Gasteiger partial charge < -0.3 is 43.6 Å². The first-order chi connectivity index (χ1) is 37.1. The number of hydrogen-bond acceptors (Lipinski definition) is 12. The Hall–Kier alpha value is -8.56. The van der Waals surface area contributed by atoms with E-state index < -0.39 is 0 Å². The van der Waals surface area contributed by atoms with Crippen molar-refractivity contribution in [2.45, 2.75) is 51.4 Å². The first-order valence-electron chi connectivity index (χ1n) is 25.4. The number of aliphatic hydroxyl groups excluding tert-OH is 4. The molecule has 392 valence electrons. The zero-order chi connectivity index (χ0) is 53.0. The van der Waals surface area contributed by atoms with Crippen molar-refractivity contribution in [2.24, 2.45) is 0 Å². The zero-order valence-corrected chi connectivity index (χ0v) is 43.3. The van der Waals surface area contributed by atoms with Crippen LogP contribution in [0.2, 0.25) is 0 Å². The van der Waals surface area contributed by atoms with E-state index in [1.54, 1.807) is 0 Å². The second-order valence-electron chi connectivity index (χ2n) is 18.8. The maximum Gasteiger partial charge on any atom is 0.227 e. The van der Waals surface area contributed by atoms with Crippen LogP contribution in [0.25, 0.3) is 90.2 Å². The molecule has 0 aliphatic rings. The molecule has 0 saturated heterocycles. The molecule has 0 bridgehead atoms. The fourth-order valence-corrected chi connectivity index (χ4v) is 8.24. The van der Waals surface area contributed by atoms with Crippen molar-refractivity contribution in [3.05, 3.63) is 216 Å². The number of aliphatic hydroxyl groups is 4. The number of hydrogen-bond donors (Lipinski definition) is 4. The topological polar surface area (TPSA) is 217 Å². The molecule has 4 unspecified atom stereocenters. The first-order valence-corrected chi connectivity index (χ1v) is 25.4. The van der Waals surface area contributed by atoms with E-state index in [4.69, 9.17) is 17.7 Å². The molecule has 0 aliphatic heterocycles. The van der Waals surface area contributed by atoms with Crippen molar-refractivity contribution >= 4 is 44.4 Å². The Kier molecular flexibility index (Phi) is 18.3. The van der Waals surface area contributed by atoms with E-state index in [0.29, 0.717) is 23.6 Å². The van der Waals surface area contributed by atoms with Crippen molar-refractivity contribution < 1.29 is 43.6 Å². The second-order valence-corrected chi connectivity index (χ2v) is 18.8. The lowest BCUT2D eigenvalue weighted by molar-refractivity contribution is 0.273. The Labute approximate surface area is 446 Å². The van der Waals surface area contributed by atoms with Gasteiger partial charge in [0.2, 0.25) is 23.6 Å². The molecule has 0 saturated carbocycles. The standard InChI is InChI=1S/4C16H15NO2.H2O/c4*1-11(10-18)13-7-8-15-14(9-13)17-16(19-15)12-5-3-2-4-6-12;/h4*2-9,11,18H,10H2,1H3;1H2. The first kappa shape index (κ1) is 54.7. The second kappa shape index (κ2) is 25.8. The number of fused-ring (bicyclic) bond motifs is 4. The summed E-state index contributed by atoms with van der Waals surface area (Å²) in [5.41, 5.74) is 14.6. The minimum absolute atomic E-state index is 0. The van der Waals surface area contributed by atoms with Crippen molar-refractivity contribution in [2.75, 3.05) is 26.4 Å². The average Bonchev–Trinajstić information content (AvgIpc) is 4.32. The van der Waals surface area contributed by atoms with Crippen LogP contribution in [0.5, 0.6) is 0 Å². The quantitative estimate of drug-likeness (QED) is 0.0899. The van der Waals surface area contributed by atoms with Crippen LogP contribution in [0.4, 0.5) is 0 Å². The van der Waals surface area contributed by atoms with Gasteiger partial charge in [0.25, 0.3) is 0 Å². The molecule has 8 aromatic carbocycles. The molecular weight excluding hydrogens is 969 g/mol. The highest BCUT2D eigenvalue weighted by Crippen LogP contribution is 2.31. The van der Waals surface area contributed by atoms with Crippen molar-refractivity contribution in [3.8, 4) is 45.8 Å². The lowest BCUT2D eigenvalue weighted by atomic mass is 10.0. The lowest BCUT2D eigenvalue weighted by Crippen LogP contribution is -1.98. The molecule has 0 fully saturated rings. The van der Waals surface area contributed by atoms with Crippen LogP contribution >= 0.6 is 0 Å². The summed E-state index contributed by atoms with van der Waals surface area (Å²) in [5.74, 6) is 2.97. The van der Waals surface area contributed by atoms with Crippen molar-refractivity contribution in [1.82, 2.24) is 19.9 Å². The normalized spacial score (nSPS) is 12.6. The van der Waals surface area contributed by atoms with Gasteiger partial charge in [-0.15, -0.1) is 0 Å². The van der Waals surface area contributed by atoms with Crippen molar-refractivity contribution in [1.29, 1.82) is 0 Å². The molecule has 0 aliphatic carbocycles. The summed E-state index contributed by atoms with van der Waals surface area (Å²) >= 11 is 0. The van der Waals surface area contributed by atoms with Gasteiger partial charge in [-0.05, 0) is 119 Å². The number of rotatable bonds is 12. The smallest absolute Gasteiger partial charge is 0.227 e. The van der Waals surface area contributed by atoms with Gasteiger partial charge in [-0.1, -0.05) is 125 Å². The molecule has 0 radical (unpaired) electrons. The molecule has 4 aromatic heterocycles. The third kappa shape index (κ3) is 13.3. The van der Waals surface area contributed by atoms with Gasteiger partial charge in [0, 0.05) is 72.4 Å². The van der Waals surface area contributed by atoms with E-state index in [2.05, 4.69) is 19.9 Å². The average molecular weight is 1030 g/mol. The Morgan fingerprint density at radius 1 is 0.299 bits per heavy atom. The number of nitrogens with zero attached hydrogens (tertiary/aromatic N) is 4. The highest BCUT2D eigenvalue weighted by atomic mass is 16.4. The molecule has 0 amide bonds. The van der Waals surface area contributed by atoms with E-state index in [1.165, 1.54) is 0 Å². The van der Waals surface area contributed by atoms with Crippen molar-refractivity contribution in [3.63, 3.8) is 0 Å². The minimum atomic E-state index is 0. The van der Waals surface area contributed by atoms with Crippen LogP contribution < -0.4 is 0 Å². The Morgan fingerprint density at radius 3 is 0.675 bits per heavy atom. The van der Waals surface area contributed by atoms with Gasteiger partial charge in [-0.25, -0.2) is 19.9 Å². The highest BCUT2D eigenvalue weighted by Gasteiger charge is 2.15. The summed E-state index contributed by atoms with van der Waals surface area (Å²) in [6, 6.07) is 62.8. The summed E-state index contributed by atoms with van der Waals surface area (Å²) in [4.78, 5) is 18.0. The van der Waals surface area contributed by atoms with Gasteiger partial charge in [0.15, 0.2) is 22.3 Å². The third-order valence-corrected chi connectivity index (χ3v) is 13.1. The summed E-state index contributed by atoms with van der Waals surface area (Å²) in [6.07, 6.45) is 0. The predicted octanol–water partition coefficient (Wildman–Crippen LogP) is 13.5. The number of aromatic nitrogens is 4. The summed E-state index contributed by atoms with van der Waals surface area (Å²) in [5, 5.41) is 36.8. The molecule has 4 heterocycles. The molecule has 13 nitrogen and oxygen atoms in total. The molecule has 0 spiro atoms. The Morgan fingerprint density at radius 2 is 0.494 bits per heavy atom. The Balaban J connectivity index is 0.000000135.